The predicted molar refractivity (Wildman–Crippen MR) is 57.0 cm³/mol. The molecule has 1 aromatic rings. The molecule has 0 saturated heterocycles. The second kappa shape index (κ2) is 5.24. The molecule has 0 heterocycles. The van der Waals surface area contributed by atoms with Gasteiger partial charge in [-0.15, -0.1) is 0 Å². The van der Waals surface area contributed by atoms with Gasteiger partial charge in [-0.1, -0.05) is 15.9 Å². The second-order valence-corrected chi connectivity index (χ2v) is 3.59. The fraction of sp³-hybridized carbons (Fsp3) is 0. The Morgan fingerprint density at radius 1 is 1.25 bits per heavy atom. The number of nitrogens with zero attached hydrogens (tertiary/aromatic N) is 2. The number of allylic oxidation sites excluding steroid dienone is 1. The van der Waals surface area contributed by atoms with E-state index in [-0.39, 0.29) is 10.0 Å². The van der Waals surface area contributed by atoms with Crippen LogP contribution in [-0.4, -0.2) is 0 Å². The van der Waals surface area contributed by atoms with Crippen molar-refractivity contribution in [1.29, 1.82) is 10.5 Å². The topological polar surface area (TPSA) is 59.6 Å². The molecule has 0 saturated carbocycles. The highest BCUT2D eigenvalue weighted by atomic mass is 79.9. The summed E-state index contributed by atoms with van der Waals surface area (Å²) < 4.78 is 26.7. The molecule has 0 fully saturated rings. The fourth-order valence-corrected chi connectivity index (χ4v) is 1.32. The molecule has 1 rings (SSSR count). The van der Waals surface area contributed by atoms with Crippen molar-refractivity contribution in [3.05, 3.63) is 40.0 Å². The van der Waals surface area contributed by atoms with Gasteiger partial charge in [-0.05, 0) is 12.1 Å². The Balaban J connectivity index is 3.05. The third-order valence-electron chi connectivity index (χ3n) is 1.61. The average molecular weight is 284 g/mol. The van der Waals surface area contributed by atoms with E-state index in [1.807, 2.05) is 0 Å². The van der Waals surface area contributed by atoms with E-state index in [1.54, 1.807) is 12.1 Å². The van der Waals surface area contributed by atoms with E-state index in [4.69, 9.17) is 10.5 Å². The molecule has 16 heavy (non-hydrogen) atoms. The zero-order valence-corrected chi connectivity index (χ0v) is 9.35. The summed E-state index contributed by atoms with van der Waals surface area (Å²) in [6.45, 7) is 0. The molecular weight excluding hydrogens is 280 g/mol. The first-order valence-electron chi connectivity index (χ1n) is 4.00. The molecule has 0 atom stereocenters. The van der Waals surface area contributed by atoms with E-state index >= 15 is 0 Å². The molecule has 0 aliphatic carbocycles. The average Bonchev–Trinajstić information content (AvgIpc) is 2.22. The summed E-state index contributed by atoms with van der Waals surface area (Å²) in [4.78, 5) is 0. The van der Waals surface area contributed by atoms with E-state index < -0.39 is 17.3 Å². The van der Waals surface area contributed by atoms with Crippen molar-refractivity contribution in [2.45, 2.75) is 0 Å². The normalized spacial score (nSPS) is 8.81. The lowest BCUT2D eigenvalue weighted by Crippen LogP contribution is -1.97. The highest BCUT2D eigenvalue weighted by Gasteiger charge is 2.09. The van der Waals surface area contributed by atoms with E-state index in [1.165, 1.54) is 0 Å². The van der Waals surface area contributed by atoms with Crippen LogP contribution >= 0.6 is 15.9 Å². The van der Waals surface area contributed by atoms with Gasteiger partial charge < -0.3 is 5.32 Å². The number of hydrogen-bond acceptors (Lipinski definition) is 3. The van der Waals surface area contributed by atoms with Gasteiger partial charge in [-0.25, -0.2) is 8.78 Å². The van der Waals surface area contributed by atoms with Crippen LogP contribution in [0.3, 0.4) is 0 Å². The van der Waals surface area contributed by atoms with Crippen LogP contribution in [0.15, 0.2) is 28.4 Å². The minimum absolute atomic E-state index is 0.262. The standard InChI is InChI=1S/C10H4BrF2N3/c11-7-1-8(12)10(9(13)2-7)16-5-6(3-14)4-15/h1-2,5,16H. The highest BCUT2D eigenvalue weighted by molar-refractivity contribution is 9.10. The minimum atomic E-state index is -0.821. The van der Waals surface area contributed by atoms with Crippen molar-refractivity contribution in [2.75, 3.05) is 5.32 Å². The van der Waals surface area contributed by atoms with Gasteiger partial charge in [-0.3, -0.25) is 0 Å². The Bertz CT molecular complexity index is 487. The molecule has 80 valence electrons. The van der Waals surface area contributed by atoms with Crippen molar-refractivity contribution in [3.8, 4) is 12.1 Å². The third-order valence-corrected chi connectivity index (χ3v) is 2.07. The summed E-state index contributed by atoms with van der Waals surface area (Å²) in [6, 6.07) is 5.25. The summed E-state index contributed by atoms with van der Waals surface area (Å²) in [7, 11) is 0. The molecule has 0 spiro atoms. The number of rotatable bonds is 2. The fourth-order valence-electron chi connectivity index (χ4n) is 0.914. The van der Waals surface area contributed by atoms with Crippen molar-refractivity contribution in [3.63, 3.8) is 0 Å². The summed E-state index contributed by atoms with van der Waals surface area (Å²) in [5.74, 6) is -1.64. The minimum Gasteiger partial charge on any atom is -0.355 e. The van der Waals surface area contributed by atoms with Crippen molar-refractivity contribution >= 4 is 21.6 Å². The van der Waals surface area contributed by atoms with Crippen LogP contribution in [0, 0.1) is 34.3 Å². The van der Waals surface area contributed by atoms with Gasteiger partial charge in [0.25, 0.3) is 0 Å². The molecule has 0 bridgehead atoms. The van der Waals surface area contributed by atoms with Crippen LogP contribution in [0.25, 0.3) is 0 Å². The Kier molecular flexibility index (Phi) is 3.98. The van der Waals surface area contributed by atoms with Crippen LogP contribution < -0.4 is 5.32 Å². The second-order valence-electron chi connectivity index (χ2n) is 2.67. The number of benzene rings is 1. The van der Waals surface area contributed by atoms with Gasteiger partial charge in [0.15, 0.2) is 11.6 Å². The zero-order valence-electron chi connectivity index (χ0n) is 7.76. The molecule has 1 N–H and O–H groups in total. The maximum atomic E-state index is 13.2. The van der Waals surface area contributed by atoms with E-state index in [0.29, 0.717) is 0 Å². The number of anilines is 1. The number of nitriles is 2. The lowest BCUT2D eigenvalue weighted by atomic mass is 10.3. The van der Waals surface area contributed by atoms with Gasteiger partial charge in [0.05, 0.1) is 0 Å². The van der Waals surface area contributed by atoms with Crippen LogP contribution in [0.4, 0.5) is 14.5 Å². The molecule has 1 aromatic carbocycles. The molecule has 0 aliphatic rings. The highest BCUT2D eigenvalue weighted by Crippen LogP contribution is 2.23. The Labute approximate surface area is 98.7 Å². The van der Waals surface area contributed by atoms with Gasteiger partial charge in [0.1, 0.15) is 23.4 Å². The first kappa shape index (κ1) is 12.2. The van der Waals surface area contributed by atoms with Gasteiger partial charge in [0.2, 0.25) is 0 Å². The van der Waals surface area contributed by atoms with Crippen LogP contribution in [0.1, 0.15) is 0 Å². The smallest absolute Gasteiger partial charge is 0.150 e. The molecule has 0 unspecified atom stereocenters. The monoisotopic (exact) mass is 283 g/mol. The first-order valence-corrected chi connectivity index (χ1v) is 4.79. The van der Waals surface area contributed by atoms with Crippen molar-refractivity contribution < 1.29 is 8.78 Å². The quantitative estimate of drug-likeness (QED) is 0.849. The third kappa shape index (κ3) is 2.78. The Hall–Kier alpha value is -1.92. The SMILES string of the molecule is N#CC(C#N)=CNc1c(F)cc(Br)cc1F. The summed E-state index contributed by atoms with van der Waals surface area (Å²) in [5, 5.41) is 19.1. The zero-order chi connectivity index (χ0) is 12.1. The van der Waals surface area contributed by atoms with Crippen molar-refractivity contribution in [2.24, 2.45) is 0 Å². The van der Waals surface area contributed by atoms with E-state index in [2.05, 4.69) is 21.2 Å². The molecular formula is C10H4BrF2N3. The number of nitrogens with one attached hydrogen (secondary N) is 1. The molecule has 3 nitrogen and oxygen atoms in total. The largest absolute Gasteiger partial charge is 0.355 e. The lowest BCUT2D eigenvalue weighted by Gasteiger charge is -2.04. The first-order chi connectivity index (χ1) is 7.58. The van der Waals surface area contributed by atoms with E-state index in [9.17, 15) is 8.78 Å². The molecule has 0 aromatic heterocycles. The maximum Gasteiger partial charge on any atom is 0.150 e. The summed E-state index contributed by atoms with van der Waals surface area (Å²) in [6.07, 6.45) is 0.940. The lowest BCUT2D eigenvalue weighted by molar-refractivity contribution is 0.589. The molecule has 0 aliphatic heterocycles. The Morgan fingerprint density at radius 3 is 2.19 bits per heavy atom. The van der Waals surface area contributed by atoms with Gasteiger partial charge in [0, 0.05) is 10.7 Å². The van der Waals surface area contributed by atoms with Crippen LogP contribution in [0.2, 0.25) is 0 Å². The number of hydrogen-bond donors (Lipinski definition) is 1. The molecule has 6 heteroatoms. The van der Waals surface area contributed by atoms with Crippen molar-refractivity contribution in [1.82, 2.24) is 0 Å². The number of halogens is 3. The molecule has 0 radical (unpaired) electrons. The summed E-state index contributed by atoms with van der Waals surface area (Å²) in [5.41, 5.74) is -0.687. The van der Waals surface area contributed by atoms with Crippen LogP contribution in [0.5, 0.6) is 0 Å². The summed E-state index contributed by atoms with van der Waals surface area (Å²) >= 11 is 2.93. The predicted octanol–water partition coefficient (Wildman–Crippen LogP) is 3.07. The van der Waals surface area contributed by atoms with Crippen LogP contribution in [-0.2, 0) is 0 Å². The maximum absolute atomic E-state index is 13.2. The van der Waals surface area contributed by atoms with Gasteiger partial charge >= 0.3 is 0 Å². The Morgan fingerprint density at radius 2 is 1.75 bits per heavy atom. The molecule has 0 amide bonds. The van der Waals surface area contributed by atoms with E-state index in [0.717, 1.165) is 18.3 Å². The van der Waals surface area contributed by atoms with Gasteiger partial charge in [-0.2, -0.15) is 10.5 Å².